The van der Waals surface area contributed by atoms with Crippen LogP contribution in [-0.4, -0.2) is 35.7 Å². The van der Waals surface area contributed by atoms with Gasteiger partial charge in [0.25, 0.3) is 0 Å². The second-order valence-electron chi connectivity index (χ2n) is 9.75. The van der Waals surface area contributed by atoms with Crippen molar-refractivity contribution in [3.63, 3.8) is 0 Å². The minimum absolute atomic E-state index is 0.0159. The first kappa shape index (κ1) is 23.0. The van der Waals surface area contributed by atoms with Gasteiger partial charge in [-0.25, -0.2) is 4.39 Å². The van der Waals surface area contributed by atoms with E-state index in [9.17, 15) is 9.18 Å². The molecule has 1 saturated carbocycles. The quantitative estimate of drug-likeness (QED) is 0.408. The Kier molecular flexibility index (Phi) is 8.01. The smallest absolute Gasteiger partial charge is 0.181 e. The lowest BCUT2D eigenvalue weighted by Gasteiger charge is -2.21. The first-order valence-corrected chi connectivity index (χ1v) is 12.4. The average Bonchev–Trinajstić information content (AvgIpc) is 3.34. The van der Waals surface area contributed by atoms with Crippen LogP contribution in [0.5, 0.6) is 0 Å². The van der Waals surface area contributed by atoms with Crippen molar-refractivity contribution in [1.29, 1.82) is 0 Å². The number of nitrogens with two attached hydrogens (primary N) is 1. The summed E-state index contributed by atoms with van der Waals surface area (Å²) in [7, 11) is 0. The Labute approximate surface area is 191 Å². The molecular weight excluding hydrogens is 401 g/mol. The number of ketones is 1. The summed E-state index contributed by atoms with van der Waals surface area (Å²) in [5, 5.41) is 0. The molecule has 32 heavy (non-hydrogen) atoms. The summed E-state index contributed by atoms with van der Waals surface area (Å²) in [6.07, 6.45) is 18.3. The van der Waals surface area contributed by atoms with Gasteiger partial charge in [0.15, 0.2) is 5.78 Å². The van der Waals surface area contributed by atoms with E-state index in [1.807, 2.05) is 24.3 Å². The number of aliphatic imine (C=N–C) groups is 1. The van der Waals surface area contributed by atoms with Gasteiger partial charge in [-0.05, 0) is 81.4 Å². The zero-order chi connectivity index (χ0) is 22.3. The summed E-state index contributed by atoms with van der Waals surface area (Å²) < 4.78 is 13.7. The number of carbonyl (C=O) groups is 1. The van der Waals surface area contributed by atoms with Gasteiger partial charge in [-0.3, -0.25) is 14.8 Å². The van der Waals surface area contributed by atoms with Gasteiger partial charge in [-0.1, -0.05) is 31.1 Å². The monoisotopic (exact) mass is 437 g/mol. The fourth-order valence-electron chi connectivity index (χ4n) is 5.40. The Morgan fingerprint density at radius 2 is 2.06 bits per heavy atom. The van der Waals surface area contributed by atoms with E-state index in [0.29, 0.717) is 36.8 Å². The molecule has 0 spiro atoms. The lowest BCUT2D eigenvalue weighted by Crippen LogP contribution is -2.34. The summed E-state index contributed by atoms with van der Waals surface area (Å²) in [5.74, 6) is 1.08. The highest BCUT2D eigenvalue weighted by atomic mass is 19.1. The van der Waals surface area contributed by atoms with Gasteiger partial charge in [-0.2, -0.15) is 0 Å². The molecule has 2 aliphatic carbocycles. The van der Waals surface area contributed by atoms with Crippen LogP contribution in [0.1, 0.15) is 85.5 Å². The Bertz CT molecular complexity index is 872. The molecule has 4 rings (SSSR count). The number of Topliss-reactive ketones (excluding diaryl/α,β-unsaturated/α-hetero) is 1. The first-order valence-electron chi connectivity index (χ1n) is 12.4. The van der Waals surface area contributed by atoms with Crippen LogP contribution >= 0.6 is 0 Å². The van der Waals surface area contributed by atoms with Crippen LogP contribution in [0, 0.1) is 11.8 Å². The summed E-state index contributed by atoms with van der Waals surface area (Å²) in [5.41, 5.74) is 9.04. The van der Waals surface area contributed by atoms with E-state index < -0.39 is 12.2 Å². The van der Waals surface area contributed by atoms with Gasteiger partial charge in [0.1, 0.15) is 6.17 Å². The number of dihydropyridines is 1. The molecule has 1 aromatic heterocycles. The molecule has 5 heteroatoms. The number of aromatic nitrogens is 1. The molecule has 2 N–H and O–H groups in total. The molecule has 0 saturated heterocycles. The number of allylic oxidation sites excluding steroid dienone is 3. The second kappa shape index (κ2) is 11.1. The third kappa shape index (κ3) is 6.00. The fraction of sp³-hybridized carbons (Fsp3) is 0.593. The molecule has 172 valence electrons. The van der Waals surface area contributed by atoms with Crippen molar-refractivity contribution < 1.29 is 9.18 Å². The molecule has 3 aliphatic rings. The van der Waals surface area contributed by atoms with Crippen LogP contribution < -0.4 is 5.73 Å². The maximum Gasteiger partial charge on any atom is 0.181 e. The molecule has 1 fully saturated rings. The van der Waals surface area contributed by atoms with Gasteiger partial charge in [-0.15, -0.1) is 0 Å². The maximum atomic E-state index is 13.7. The van der Waals surface area contributed by atoms with Crippen LogP contribution in [0.15, 0.2) is 41.4 Å². The second-order valence-corrected chi connectivity index (χ2v) is 9.75. The molecule has 4 nitrogen and oxygen atoms in total. The summed E-state index contributed by atoms with van der Waals surface area (Å²) in [6.45, 7) is 0.689. The highest BCUT2D eigenvalue weighted by Crippen LogP contribution is 2.34. The number of rotatable bonds is 9. The van der Waals surface area contributed by atoms with Gasteiger partial charge >= 0.3 is 0 Å². The number of carbonyl (C=O) groups excluding carboxylic acids is 1. The number of nitrogens with zero attached hydrogens (tertiary/aromatic N) is 2. The standard InChI is InChI=1S/C27H36FN3O/c28-22-11-3-6-19(16-22)7-4-12-26-23(13-14-25(31-26)21-9-1-2-10-21)27(32)24(29)17-20-8-5-15-30-18-20/h3,5,8,11,13-15,19-22,24H,1-2,4,6-7,9-10,12,16-18,29H2. The molecule has 1 aliphatic heterocycles. The number of pyridine rings is 1. The molecular formula is C27H36FN3O. The third-order valence-corrected chi connectivity index (χ3v) is 7.24. The third-order valence-electron chi connectivity index (χ3n) is 7.24. The molecule has 0 amide bonds. The number of hydrogen-bond donors (Lipinski definition) is 1. The summed E-state index contributed by atoms with van der Waals surface area (Å²) in [6, 6.07) is 3.46. The molecule has 0 radical (unpaired) electrons. The predicted octanol–water partition coefficient (Wildman–Crippen LogP) is 5.52. The zero-order valence-corrected chi connectivity index (χ0v) is 19.0. The molecule has 1 aromatic rings. The van der Waals surface area contributed by atoms with Gasteiger partial charge in [0.05, 0.1) is 11.7 Å². The summed E-state index contributed by atoms with van der Waals surface area (Å²) in [4.78, 5) is 22.6. The van der Waals surface area contributed by atoms with Gasteiger partial charge < -0.3 is 5.73 Å². The summed E-state index contributed by atoms with van der Waals surface area (Å²) >= 11 is 0. The lowest BCUT2D eigenvalue weighted by molar-refractivity contribution is 0.0951. The average molecular weight is 438 g/mol. The Balaban J connectivity index is 1.45. The normalized spacial score (nSPS) is 26.5. The Morgan fingerprint density at radius 1 is 1.22 bits per heavy atom. The fourth-order valence-corrected chi connectivity index (χ4v) is 5.40. The van der Waals surface area contributed by atoms with E-state index in [2.05, 4.69) is 11.1 Å². The van der Waals surface area contributed by atoms with Crippen LogP contribution in [0.25, 0.3) is 0 Å². The van der Waals surface area contributed by atoms with E-state index >= 15 is 0 Å². The Morgan fingerprint density at radius 3 is 2.81 bits per heavy atom. The van der Waals surface area contributed by atoms with Gasteiger partial charge in [0, 0.05) is 29.9 Å². The minimum Gasteiger partial charge on any atom is -0.321 e. The van der Waals surface area contributed by atoms with E-state index in [4.69, 9.17) is 10.7 Å². The van der Waals surface area contributed by atoms with Crippen LogP contribution in [-0.2, 0) is 6.42 Å². The van der Waals surface area contributed by atoms with E-state index in [0.717, 1.165) is 37.1 Å². The minimum atomic E-state index is -0.814. The van der Waals surface area contributed by atoms with Crippen molar-refractivity contribution in [2.45, 2.75) is 82.3 Å². The highest BCUT2D eigenvalue weighted by Gasteiger charge is 2.25. The molecule has 4 unspecified atom stereocenters. The molecule has 0 aromatic carbocycles. The predicted molar refractivity (Wildman–Crippen MR) is 128 cm³/mol. The van der Waals surface area contributed by atoms with Crippen LogP contribution in [0.4, 0.5) is 4.39 Å². The van der Waals surface area contributed by atoms with Crippen molar-refractivity contribution in [1.82, 2.24) is 4.98 Å². The molecule has 0 bridgehead atoms. The number of alkyl halides is 1. The maximum absolute atomic E-state index is 13.7. The van der Waals surface area contributed by atoms with Crippen molar-refractivity contribution in [3.05, 3.63) is 53.4 Å². The van der Waals surface area contributed by atoms with Crippen LogP contribution in [0.3, 0.4) is 0 Å². The Hall–Kier alpha value is -2.14. The lowest BCUT2D eigenvalue weighted by atomic mass is 9.87. The number of aryl methyl sites for hydroxylation is 1. The van der Waals surface area contributed by atoms with Crippen molar-refractivity contribution in [2.75, 3.05) is 6.54 Å². The topological polar surface area (TPSA) is 68.3 Å². The number of hydrogen-bond acceptors (Lipinski definition) is 4. The van der Waals surface area contributed by atoms with E-state index in [-0.39, 0.29) is 11.7 Å². The zero-order valence-electron chi connectivity index (χ0n) is 19.0. The SMILES string of the molecule is NC(CC1C=CC=NC1)C(=O)c1ccc(C2CCCC2)nc1CCCC1CC=CC(F)C1. The largest absolute Gasteiger partial charge is 0.321 e. The highest BCUT2D eigenvalue weighted by molar-refractivity contribution is 6.01. The number of halogens is 1. The van der Waals surface area contributed by atoms with Crippen molar-refractivity contribution in [2.24, 2.45) is 22.6 Å². The molecule has 4 atom stereocenters. The van der Waals surface area contributed by atoms with Gasteiger partial charge in [0.2, 0.25) is 0 Å². The van der Waals surface area contributed by atoms with Crippen LogP contribution in [0.2, 0.25) is 0 Å². The van der Waals surface area contributed by atoms with E-state index in [1.165, 1.54) is 25.7 Å². The molecule has 2 heterocycles. The van der Waals surface area contributed by atoms with E-state index in [1.54, 1.807) is 12.3 Å². The first-order chi connectivity index (χ1) is 15.6. The van der Waals surface area contributed by atoms with Crippen molar-refractivity contribution >= 4 is 12.0 Å². The van der Waals surface area contributed by atoms with Crippen molar-refractivity contribution in [3.8, 4) is 0 Å².